The molecule has 5 nitrogen and oxygen atoms in total. The highest BCUT2D eigenvalue weighted by molar-refractivity contribution is 5.80. The minimum atomic E-state index is 0.296. The molecule has 1 aliphatic carbocycles. The van der Waals surface area contributed by atoms with Gasteiger partial charge in [0, 0.05) is 32.2 Å². The number of furan rings is 1. The molecular weight excluding hydrogens is 314 g/mol. The third-order valence-corrected chi connectivity index (χ3v) is 5.01. The number of hydrogen-bond donors (Lipinski definition) is 3. The van der Waals surface area contributed by atoms with Gasteiger partial charge < -0.3 is 20.2 Å². The van der Waals surface area contributed by atoms with Gasteiger partial charge in [-0.05, 0) is 43.7 Å². The minimum Gasteiger partial charge on any atom is -0.469 e. The number of guanidine groups is 1. The maximum absolute atomic E-state index is 8.84. The van der Waals surface area contributed by atoms with Crippen LogP contribution in [0.1, 0.15) is 64.1 Å². The molecule has 0 amide bonds. The zero-order chi connectivity index (χ0) is 17.7. The molecule has 1 aromatic rings. The van der Waals surface area contributed by atoms with E-state index in [2.05, 4.69) is 17.6 Å². The molecule has 0 saturated heterocycles. The van der Waals surface area contributed by atoms with Gasteiger partial charge in [0.1, 0.15) is 5.76 Å². The van der Waals surface area contributed by atoms with Crippen molar-refractivity contribution >= 4 is 5.96 Å². The highest BCUT2D eigenvalue weighted by Gasteiger charge is 2.21. The Labute approximate surface area is 152 Å². The second-order valence-corrected chi connectivity index (χ2v) is 7.14. The van der Waals surface area contributed by atoms with Crippen LogP contribution < -0.4 is 10.6 Å². The molecule has 0 aliphatic heterocycles. The Hall–Kier alpha value is -1.49. The molecule has 3 N–H and O–H groups in total. The highest BCUT2D eigenvalue weighted by atomic mass is 16.3. The monoisotopic (exact) mass is 349 g/mol. The second kappa shape index (κ2) is 12.0. The number of aliphatic imine (C=N–C) groups is 1. The van der Waals surface area contributed by atoms with E-state index in [1.54, 1.807) is 6.26 Å². The Balaban J connectivity index is 1.78. The Kier molecular flexibility index (Phi) is 9.49. The van der Waals surface area contributed by atoms with Crippen LogP contribution in [0.15, 0.2) is 27.8 Å². The molecule has 1 fully saturated rings. The zero-order valence-corrected chi connectivity index (χ0v) is 15.7. The van der Waals surface area contributed by atoms with Gasteiger partial charge in [0.15, 0.2) is 5.96 Å². The normalized spacial score (nSPS) is 21.3. The summed E-state index contributed by atoms with van der Waals surface area (Å²) in [7, 11) is 0. The van der Waals surface area contributed by atoms with Gasteiger partial charge >= 0.3 is 0 Å². The summed E-state index contributed by atoms with van der Waals surface area (Å²) in [4.78, 5) is 4.77. The fraction of sp³-hybridized carbons (Fsp3) is 0.750. The van der Waals surface area contributed by atoms with Gasteiger partial charge in [-0.1, -0.05) is 32.6 Å². The summed E-state index contributed by atoms with van der Waals surface area (Å²) in [6, 6.07) is 4.47. The van der Waals surface area contributed by atoms with E-state index in [1.165, 1.54) is 25.7 Å². The van der Waals surface area contributed by atoms with Gasteiger partial charge in [-0.25, -0.2) is 0 Å². The van der Waals surface area contributed by atoms with Crippen LogP contribution in [0.5, 0.6) is 0 Å². The number of aliphatic hydroxyl groups is 1. The SMILES string of the molecule is CC1CCCCC1NC(=NCCCCCCO)NCCc1ccco1. The van der Waals surface area contributed by atoms with E-state index < -0.39 is 0 Å². The van der Waals surface area contributed by atoms with Gasteiger partial charge in [-0.3, -0.25) is 4.99 Å². The maximum atomic E-state index is 8.84. The van der Waals surface area contributed by atoms with Crippen LogP contribution in [0.2, 0.25) is 0 Å². The lowest BCUT2D eigenvalue weighted by atomic mass is 9.86. The van der Waals surface area contributed by atoms with Crippen LogP contribution in [-0.2, 0) is 6.42 Å². The quantitative estimate of drug-likeness (QED) is 0.344. The molecule has 2 unspecified atom stereocenters. The van der Waals surface area contributed by atoms with Crippen molar-refractivity contribution in [3.05, 3.63) is 24.2 Å². The van der Waals surface area contributed by atoms with E-state index in [-0.39, 0.29) is 0 Å². The first-order valence-electron chi connectivity index (χ1n) is 9.97. The molecular formula is C20H35N3O2. The third kappa shape index (κ3) is 7.95. The zero-order valence-electron chi connectivity index (χ0n) is 15.7. The van der Waals surface area contributed by atoms with Crippen molar-refractivity contribution in [2.24, 2.45) is 10.9 Å². The number of aliphatic hydroxyl groups excluding tert-OH is 1. The van der Waals surface area contributed by atoms with E-state index in [0.717, 1.165) is 56.9 Å². The van der Waals surface area contributed by atoms with Crippen LogP contribution in [0, 0.1) is 5.92 Å². The molecule has 0 spiro atoms. The lowest BCUT2D eigenvalue weighted by Gasteiger charge is -2.31. The van der Waals surface area contributed by atoms with Crippen molar-refractivity contribution in [3.63, 3.8) is 0 Å². The first-order valence-corrected chi connectivity index (χ1v) is 9.97. The van der Waals surface area contributed by atoms with Crippen LogP contribution in [0.4, 0.5) is 0 Å². The van der Waals surface area contributed by atoms with Gasteiger partial charge in [0.25, 0.3) is 0 Å². The minimum absolute atomic E-state index is 0.296. The fourth-order valence-corrected chi connectivity index (χ4v) is 3.39. The average molecular weight is 350 g/mol. The lowest BCUT2D eigenvalue weighted by molar-refractivity contribution is 0.282. The average Bonchev–Trinajstić information content (AvgIpc) is 3.13. The number of nitrogens with zero attached hydrogens (tertiary/aromatic N) is 1. The maximum Gasteiger partial charge on any atom is 0.191 e. The van der Waals surface area contributed by atoms with Gasteiger partial charge in [0.2, 0.25) is 0 Å². The summed E-state index contributed by atoms with van der Waals surface area (Å²) in [6.45, 7) is 4.30. The van der Waals surface area contributed by atoms with Gasteiger partial charge in [-0.15, -0.1) is 0 Å². The van der Waals surface area contributed by atoms with E-state index in [4.69, 9.17) is 14.5 Å². The fourth-order valence-electron chi connectivity index (χ4n) is 3.39. The molecule has 0 aromatic carbocycles. The number of nitrogens with one attached hydrogen (secondary N) is 2. The van der Waals surface area contributed by atoms with Crippen molar-refractivity contribution in [3.8, 4) is 0 Å². The first kappa shape index (κ1) is 19.8. The van der Waals surface area contributed by atoms with Crippen molar-refractivity contribution in [1.82, 2.24) is 10.6 Å². The summed E-state index contributed by atoms with van der Waals surface area (Å²) in [5.41, 5.74) is 0. The molecule has 0 radical (unpaired) electrons. The molecule has 5 heteroatoms. The van der Waals surface area contributed by atoms with Gasteiger partial charge in [0.05, 0.1) is 6.26 Å². The molecule has 2 rings (SSSR count). The standard InChI is InChI=1S/C20H35N3O2/c1-17-9-4-5-11-19(17)23-20(21-13-6-2-3-7-15-24)22-14-12-18-10-8-16-25-18/h8,10,16-17,19,24H,2-7,9,11-15H2,1H3,(H2,21,22,23). The first-order chi connectivity index (χ1) is 12.3. The van der Waals surface area contributed by atoms with Crippen LogP contribution >= 0.6 is 0 Å². The topological polar surface area (TPSA) is 69.8 Å². The molecule has 25 heavy (non-hydrogen) atoms. The van der Waals surface area contributed by atoms with E-state index in [0.29, 0.717) is 18.6 Å². The largest absolute Gasteiger partial charge is 0.469 e. The third-order valence-electron chi connectivity index (χ3n) is 5.01. The Bertz CT molecular complexity index is 473. The van der Waals surface area contributed by atoms with Crippen molar-refractivity contribution in [2.45, 2.75) is 70.8 Å². The van der Waals surface area contributed by atoms with Crippen LogP contribution in [0.25, 0.3) is 0 Å². The van der Waals surface area contributed by atoms with Crippen LogP contribution in [0.3, 0.4) is 0 Å². The summed E-state index contributed by atoms with van der Waals surface area (Å²) in [5.74, 6) is 2.64. The van der Waals surface area contributed by atoms with Crippen molar-refractivity contribution in [1.29, 1.82) is 0 Å². The summed E-state index contributed by atoms with van der Waals surface area (Å²) < 4.78 is 5.40. The van der Waals surface area contributed by atoms with E-state index >= 15 is 0 Å². The smallest absolute Gasteiger partial charge is 0.191 e. The Morgan fingerprint density at radius 3 is 2.84 bits per heavy atom. The number of rotatable bonds is 10. The summed E-state index contributed by atoms with van der Waals surface area (Å²) >= 11 is 0. The summed E-state index contributed by atoms with van der Waals surface area (Å²) in [6.07, 6.45) is 12.0. The van der Waals surface area contributed by atoms with E-state index in [1.807, 2.05) is 12.1 Å². The number of hydrogen-bond acceptors (Lipinski definition) is 3. The van der Waals surface area contributed by atoms with E-state index in [9.17, 15) is 0 Å². The molecule has 1 aromatic heterocycles. The Morgan fingerprint density at radius 2 is 2.08 bits per heavy atom. The summed E-state index contributed by atoms with van der Waals surface area (Å²) in [5, 5.41) is 16.0. The van der Waals surface area contributed by atoms with Crippen LogP contribution in [-0.4, -0.2) is 36.8 Å². The molecule has 1 saturated carbocycles. The Morgan fingerprint density at radius 1 is 1.24 bits per heavy atom. The molecule has 2 atom stereocenters. The molecule has 1 heterocycles. The number of unbranched alkanes of at least 4 members (excludes halogenated alkanes) is 3. The predicted molar refractivity (Wildman–Crippen MR) is 103 cm³/mol. The van der Waals surface area contributed by atoms with Crippen molar-refractivity contribution < 1.29 is 9.52 Å². The van der Waals surface area contributed by atoms with Gasteiger partial charge in [-0.2, -0.15) is 0 Å². The predicted octanol–water partition coefficient (Wildman–Crippen LogP) is 3.49. The molecule has 1 aliphatic rings. The lowest BCUT2D eigenvalue weighted by Crippen LogP contribution is -2.47. The highest BCUT2D eigenvalue weighted by Crippen LogP contribution is 2.23. The molecule has 0 bridgehead atoms. The second-order valence-electron chi connectivity index (χ2n) is 7.14. The van der Waals surface area contributed by atoms with Crippen molar-refractivity contribution in [2.75, 3.05) is 19.7 Å². The molecule has 142 valence electrons.